The van der Waals surface area contributed by atoms with Gasteiger partial charge >= 0.3 is 5.97 Å². The van der Waals surface area contributed by atoms with Gasteiger partial charge in [0.15, 0.2) is 0 Å². The lowest BCUT2D eigenvalue weighted by molar-refractivity contribution is -0.137. The number of carboxylic acids is 1. The first kappa shape index (κ1) is 16.9. The van der Waals surface area contributed by atoms with Crippen LogP contribution in [0.1, 0.15) is 49.2 Å². The summed E-state index contributed by atoms with van der Waals surface area (Å²) in [7, 11) is 0. The van der Waals surface area contributed by atoms with E-state index in [9.17, 15) is 9.59 Å². The van der Waals surface area contributed by atoms with E-state index in [1.54, 1.807) is 4.90 Å². The van der Waals surface area contributed by atoms with Gasteiger partial charge in [-0.05, 0) is 25.0 Å². The molecule has 0 saturated heterocycles. The highest BCUT2D eigenvalue weighted by atomic mass is 16.4. The Morgan fingerprint density at radius 3 is 2.57 bits per heavy atom. The number of fused-ring (bicyclic) bond motifs is 1. The fraction of sp³-hybridized carbons (Fsp3) is 0.389. The quantitative estimate of drug-likeness (QED) is 0.888. The highest BCUT2D eigenvalue weighted by Gasteiger charge is 2.19. The summed E-state index contributed by atoms with van der Waals surface area (Å²) in [5.74, 6) is -0.840. The summed E-state index contributed by atoms with van der Waals surface area (Å²) in [5.41, 5.74) is 2.24. The first-order chi connectivity index (χ1) is 10.9. The molecule has 2 aromatic rings. The van der Waals surface area contributed by atoms with Crippen LogP contribution in [-0.4, -0.2) is 40.0 Å². The normalized spacial score (nSPS) is 11.0. The van der Waals surface area contributed by atoms with E-state index in [0.717, 1.165) is 16.6 Å². The van der Waals surface area contributed by atoms with E-state index < -0.39 is 5.97 Å². The van der Waals surface area contributed by atoms with Gasteiger partial charge in [-0.2, -0.15) is 0 Å². The van der Waals surface area contributed by atoms with Crippen molar-refractivity contribution in [3.63, 3.8) is 0 Å². The molecule has 122 valence electrons. The number of hydrogen-bond acceptors (Lipinski definition) is 3. The molecule has 0 fully saturated rings. The van der Waals surface area contributed by atoms with E-state index in [4.69, 9.17) is 5.11 Å². The molecule has 1 aromatic heterocycles. The number of nitrogens with zero attached hydrogens (tertiary/aromatic N) is 2. The minimum Gasteiger partial charge on any atom is -0.481 e. The van der Waals surface area contributed by atoms with Gasteiger partial charge in [0.1, 0.15) is 0 Å². The number of hydrogen-bond donors (Lipinski definition) is 1. The Labute approximate surface area is 135 Å². The van der Waals surface area contributed by atoms with Gasteiger partial charge in [0, 0.05) is 24.2 Å². The predicted octanol–water partition coefficient (Wildman–Crippen LogP) is 3.30. The van der Waals surface area contributed by atoms with Crippen LogP contribution in [0.5, 0.6) is 0 Å². The van der Waals surface area contributed by atoms with Gasteiger partial charge < -0.3 is 10.0 Å². The molecule has 0 spiro atoms. The van der Waals surface area contributed by atoms with Gasteiger partial charge in [0.05, 0.1) is 17.5 Å². The maximum absolute atomic E-state index is 12.9. The number of aliphatic carboxylic acids is 1. The van der Waals surface area contributed by atoms with Crippen LogP contribution in [-0.2, 0) is 4.79 Å². The van der Waals surface area contributed by atoms with Crippen LogP contribution in [0.4, 0.5) is 0 Å². The second kappa shape index (κ2) is 7.22. The molecule has 0 bridgehead atoms. The molecule has 2 rings (SSSR count). The maximum Gasteiger partial charge on any atom is 0.305 e. The fourth-order valence-corrected chi connectivity index (χ4v) is 2.47. The minimum absolute atomic E-state index is 0.0559. The van der Waals surface area contributed by atoms with E-state index in [-0.39, 0.29) is 24.8 Å². The van der Waals surface area contributed by atoms with Crippen LogP contribution in [0.2, 0.25) is 0 Å². The zero-order valence-electron chi connectivity index (χ0n) is 13.7. The maximum atomic E-state index is 12.9. The number of benzene rings is 1. The van der Waals surface area contributed by atoms with Gasteiger partial charge in [-0.3, -0.25) is 14.6 Å². The average molecular weight is 314 g/mol. The van der Waals surface area contributed by atoms with E-state index in [1.165, 1.54) is 0 Å². The molecular formula is C18H22N2O3. The average Bonchev–Trinajstić information content (AvgIpc) is 2.53. The first-order valence-electron chi connectivity index (χ1n) is 7.84. The van der Waals surface area contributed by atoms with Crippen LogP contribution < -0.4 is 0 Å². The summed E-state index contributed by atoms with van der Waals surface area (Å²) in [4.78, 5) is 29.9. The number of carboxylic acid groups (broad SMARTS) is 1. The molecule has 1 amide bonds. The van der Waals surface area contributed by atoms with Crippen molar-refractivity contribution < 1.29 is 14.7 Å². The molecule has 0 aliphatic rings. The van der Waals surface area contributed by atoms with Crippen molar-refractivity contribution in [3.8, 4) is 0 Å². The molecule has 1 aromatic carbocycles. The van der Waals surface area contributed by atoms with Gasteiger partial charge in [-0.1, -0.05) is 32.0 Å². The van der Waals surface area contributed by atoms with Crippen molar-refractivity contribution in [1.82, 2.24) is 9.88 Å². The van der Waals surface area contributed by atoms with Gasteiger partial charge in [0.25, 0.3) is 5.91 Å². The zero-order chi connectivity index (χ0) is 17.0. The second-order valence-corrected chi connectivity index (χ2v) is 5.80. The molecule has 1 heterocycles. The van der Waals surface area contributed by atoms with Crippen molar-refractivity contribution in [3.05, 3.63) is 41.6 Å². The van der Waals surface area contributed by atoms with E-state index in [1.807, 2.05) is 51.1 Å². The molecule has 0 aliphatic heterocycles. The third-order valence-electron chi connectivity index (χ3n) is 3.82. The Hall–Kier alpha value is -2.43. The number of carbonyl (C=O) groups excluding carboxylic acids is 1. The Morgan fingerprint density at radius 2 is 1.96 bits per heavy atom. The third kappa shape index (κ3) is 3.86. The molecule has 5 heteroatoms. The molecule has 0 aliphatic carbocycles. The summed E-state index contributed by atoms with van der Waals surface area (Å²) in [6.07, 6.45) is -0.0559. The first-order valence-corrected chi connectivity index (χ1v) is 7.84. The van der Waals surface area contributed by atoms with Gasteiger partial charge in [-0.15, -0.1) is 0 Å². The van der Waals surface area contributed by atoms with Crippen LogP contribution in [0.3, 0.4) is 0 Å². The minimum atomic E-state index is -0.904. The van der Waals surface area contributed by atoms with Crippen LogP contribution in [0, 0.1) is 0 Å². The highest BCUT2D eigenvalue weighted by molar-refractivity contribution is 6.06. The molecule has 23 heavy (non-hydrogen) atoms. The largest absolute Gasteiger partial charge is 0.481 e. The SMILES string of the molecule is CCN(CCC(=O)O)C(=O)c1cc(C(C)C)nc2ccccc12. The van der Waals surface area contributed by atoms with Crippen LogP contribution in [0.15, 0.2) is 30.3 Å². The van der Waals surface area contributed by atoms with Crippen molar-refractivity contribution in [2.75, 3.05) is 13.1 Å². The topological polar surface area (TPSA) is 70.5 Å². The van der Waals surface area contributed by atoms with Crippen molar-refractivity contribution >= 4 is 22.8 Å². The smallest absolute Gasteiger partial charge is 0.305 e. The fourth-order valence-electron chi connectivity index (χ4n) is 2.47. The standard InChI is InChI=1S/C18H22N2O3/c1-4-20(10-9-17(21)22)18(23)14-11-16(12(2)3)19-15-8-6-5-7-13(14)15/h5-8,11-12H,4,9-10H2,1-3H3,(H,21,22). The zero-order valence-corrected chi connectivity index (χ0v) is 13.7. The molecule has 5 nitrogen and oxygen atoms in total. The van der Waals surface area contributed by atoms with Crippen LogP contribution >= 0.6 is 0 Å². The van der Waals surface area contributed by atoms with E-state index >= 15 is 0 Å². The third-order valence-corrected chi connectivity index (χ3v) is 3.82. The molecule has 0 unspecified atom stereocenters. The highest BCUT2D eigenvalue weighted by Crippen LogP contribution is 2.23. The van der Waals surface area contributed by atoms with Gasteiger partial charge in [-0.25, -0.2) is 0 Å². The lowest BCUT2D eigenvalue weighted by Gasteiger charge is -2.21. The predicted molar refractivity (Wildman–Crippen MR) is 89.7 cm³/mol. The van der Waals surface area contributed by atoms with Gasteiger partial charge in [0.2, 0.25) is 0 Å². The molecule has 0 saturated carbocycles. The number of pyridine rings is 1. The van der Waals surface area contributed by atoms with Crippen molar-refractivity contribution in [1.29, 1.82) is 0 Å². The number of para-hydroxylation sites is 1. The summed E-state index contributed by atoms with van der Waals surface area (Å²) in [5, 5.41) is 9.65. The summed E-state index contributed by atoms with van der Waals surface area (Å²) < 4.78 is 0. The second-order valence-electron chi connectivity index (χ2n) is 5.80. The molecular weight excluding hydrogens is 292 g/mol. The monoisotopic (exact) mass is 314 g/mol. The van der Waals surface area contributed by atoms with Crippen LogP contribution in [0.25, 0.3) is 10.9 Å². The number of rotatable bonds is 6. The Balaban J connectivity index is 2.47. The van der Waals surface area contributed by atoms with E-state index in [0.29, 0.717) is 12.1 Å². The number of aromatic nitrogens is 1. The number of amides is 1. The number of carbonyl (C=O) groups is 2. The summed E-state index contributed by atoms with van der Waals surface area (Å²) >= 11 is 0. The summed E-state index contributed by atoms with van der Waals surface area (Å²) in [6, 6.07) is 9.38. The lowest BCUT2D eigenvalue weighted by atomic mass is 10.0. The van der Waals surface area contributed by atoms with Crippen molar-refractivity contribution in [2.24, 2.45) is 0 Å². The van der Waals surface area contributed by atoms with Crippen molar-refractivity contribution in [2.45, 2.75) is 33.1 Å². The molecule has 1 N–H and O–H groups in total. The Morgan fingerprint density at radius 1 is 1.26 bits per heavy atom. The molecule has 0 radical (unpaired) electrons. The molecule has 0 atom stereocenters. The Kier molecular flexibility index (Phi) is 5.32. The Bertz CT molecular complexity index is 725. The summed E-state index contributed by atoms with van der Waals surface area (Å²) in [6.45, 7) is 6.60. The lowest BCUT2D eigenvalue weighted by Crippen LogP contribution is -2.33. The van der Waals surface area contributed by atoms with E-state index in [2.05, 4.69) is 4.98 Å².